The fourth-order valence-corrected chi connectivity index (χ4v) is 1.99. The van der Waals surface area contributed by atoms with Gasteiger partial charge in [-0.2, -0.15) is 0 Å². The highest BCUT2D eigenvalue weighted by Crippen LogP contribution is 2.24. The summed E-state index contributed by atoms with van der Waals surface area (Å²) in [6.45, 7) is 6.66. The molecule has 102 valence electrons. The zero-order chi connectivity index (χ0) is 14.3. The first-order valence-corrected chi connectivity index (χ1v) is 6.26. The Balaban J connectivity index is 3.07. The molecule has 0 aliphatic rings. The van der Waals surface area contributed by atoms with E-state index < -0.39 is 5.97 Å². The third kappa shape index (κ3) is 3.98. The second kappa shape index (κ2) is 7.41. The van der Waals surface area contributed by atoms with E-state index in [1.807, 2.05) is 0 Å². The van der Waals surface area contributed by atoms with Crippen LogP contribution in [0.4, 0.5) is 5.69 Å². The Kier molecular flexibility index (Phi) is 5.85. The van der Waals surface area contributed by atoms with Crippen molar-refractivity contribution in [3.8, 4) is 0 Å². The average molecular weight is 262 g/mol. The largest absolute Gasteiger partial charge is 0.478 e. The Bertz CT molecular complexity index is 471. The van der Waals surface area contributed by atoms with Crippen molar-refractivity contribution in [2.45, 2.75) is 20.3 Å². The summed E-state index contributed by atoms with van der Waals surface area (Å²) in [6.07, 6.45) is 0.554. The minimum Gasteiger partial charge on any atom is -0.478 e. The van der Waals surface area contributed by atoms with Gasteiger partial charge < -0.3 is 10.0 Å². The molecule has 0 saturated carbocycles. The average Bonchev–Trinajstić information content (AvgIpc) is 2.41. The number of carbonyl (C=O) groups is 1. The lowest BCUT2D eigenvalue weighted by molar-refractivity contribution is 0.0695. The molecule has 0 aliphatic carbocycles. The number of likely N-dealkylation sites (N-methyl/N-ethyl adjacent to an activating group) is 1. The van der Waals surface area contributed by atoms with Crippen molar-refractivity contribution in [3.05, 3.63) is 39.8 Å². The van der Waals surface area contributed by atoms with Gasteiger partial charge in [0.15, 0.2) is 0 Å². The van der Waals surface area contributed by atoms with E-state index in [4.69, 9.17) is 5.53 Å². The molecule has 1 N–H and O–H groups in total. The van der Waals surface area contributed by atoms with Gasteiger partial charge in [-0.3, -0.25) is 0 Å². The number of nitrogens with zero attached hydrogens (tertiary/aromatic N) is 4. The Morgan fingerprint density at radius 3 is 2.63 bits per heavy atom. The van der Waals surface area contributed by atoms with Crippen molar-refractivity contribution in [1.82, 2.24) is 4.90 Å². The molecule has 19 heavy (non-hydrogen) atoms. The summed E-state index contributed by atoms with van der Waals surface area (Å²) < 4.78 is 0. The normalized spacial score (nSPS) is 10.3. The molecule has 0 heterocycles. The summed E-state index contributed by atoms with van der Waals surface area (Å²) in [5.74, 6) is -0.996. The lowest BCUT2D eigenvalue weighted by Gasteiger charge is -2.19. The quantitative estimate of drug-likeness (QED) is 0.464. The minimum absolute atomic E-state index is 0.206. The third-order valence-corrected chi connectivity index (χ3v) is 3.11. The first-order chi connectivity index (χ1) is 9.13. The number of azide groups is 1. The second-order valence-electron chi connectivity index (χ2n) is 4.07. The van der Waals surface area contributed by atoms with Crippen LogP contribution in [-0.4, -0.2) is 35.6 Å². The number of hydrogen-bond donors (Lipinski definition) is 1. The number of benzene rings is 1. The van der Waals surface area contributed by atoms with E-state index in [2.05, 4.69) is 28.8 Å². The molecular formula is C13H18N4O2. The van der Waals surface area contributed by atoms with Crippen molar-refractivity contribution in [2.75, 3.05) is 19.6 Å². The fourth-order valence-electron chi connectivity index (χ4n) is 1.99. The number of rotatable bonds is 7. The highest BCUT2D eigenvalue weighted by atomic mass is 16.4. The van der Waals surface area contributed by atoms with Gasteiger partial charge in [0.1, 0.15) is 0 Å². The molecule has 6 heteroatoms. The topological polar surface area (TPSA) is 89.3 Å². The van der Waals surface area contributed by atoms with E-state index in [9.17, 15) is 9.90 Å². The highest BCUT2D eigenvalue weighted by molar-refractivity contribution is 5.91. The summed E-state index contributed by atoms with van der Waals surface area (Å²) in [7, 11) is 0. The summed E-state index contributed by atoms with van der Waals surface area (Å²) in [5, 5.41) is 12.8. The Hall–Kier alpha value is -2.04. The van der Waals surface area contributed by atoms with Crippen molar-refractivity contribution in [1.29, 1.82) is 0 Å². The van der Waals surface area contributed by atoms with Gasteiger partial charge in [0.2, 0.25) is 0 Å². The van der Waals surface area contributed by atoms with Gasteiger partial charge >= 0.3 is 5.97 Å². The van der Waals surface area contributed by atoms with Gasteiger partial charge in [-0.05, 0) is 36.7 Å². The number of carboxylic acids is 1. The van der Waals surface area contributed by atoms with Gasteiger partial charge in [0, 0.05) is 17.1 Å². The lowest BCUT2D eigenvalue weighted by atomic mass is 10.0. The molecule has 0 fully saturated rings. The minimum atomic E-state index is -0.996. The number of aromatic carboxylic acids is 1. The van der Waals surface area contributed by atoms with Crippen molar-refractivity contribution in [2.24, 2.45) is 5.11 Å². The molecule has 0 saturated heterocycles. The van der Waals surface area contributed by atoms with Gasteiger partial charge in [-0.1, -0.05) is 31.1 Å². The summed E-state index contributed by atoms with van der Waals surface area (Å²) in [6, 6.07) is 4.77. The molecule has 0 aromatic heterocycles. The zero-order valence-corrected chi connectivity index (χ0v) is 11.2. The van der Waals surface area contributed by atoms with Crippen LogP contribution in [-0.2, 0) is 6.42 Å². The van der Waals surface area contributed by atoms with Crippen molar-refractivity contribution in [3.63, 3.8) is 0 Å². The predicted molar refractivity (Wildman–Crippen MR) is 73.7 cm³/mol. The summed E-state index contributed by atoms with van der Waals surface area (Å²) >= 11 is 0. The third-order valence-electron chi connectivity index (χ3n) is 3.11. The zero-order valence-electron chi connectivity index (χ0n) is 11.2. The first-order valence-electron chi connectivity index (χ1n) is 6.26. The van der Waals surface area contributed by atoms with E-state index >= 15 is 0 Å². The smallest absolute Gasteiger partial charge is 0.335 e. The summed E-state index contributed by atoms with van der Waals surface area (Å²) in [5.41, 5.74) is 9.74. The second-order valence-corrected chi connectivity index (χ2v) is 4.07. The maximum atomic E-state index is 11.2. The molecule has 1 rings (SSSR count). The van der Waals surface area contributed by atoms with Crippen LogP contribution in [0.2, 0.25) is 0 Å². The monoisotopic (exact) mass is 262 g/mol. The van der Waals surface area contributed by atoms with Crippen LogP contribution in [0, 0.1) is 0 Å². The standard InChI is InChI=1S/C13H18N4O2/c1-3-17(4-2)9-8-10-11(13(18)19)6-5-7-12(10)15-16-14/h5-7H,3-4,8-9H2,1-2H3,(H,18,19). The van der Waals surface area contributed by atoms with Crippen LogP contribution in [0.25, 0.3) is 10.4 Å². The number of carboxylic acid groups (broad SMARTS) is 1. The number of hydrogen-bond acceptors (Lipinski definition) is 3. The molecule has 0 bridgehead atoms. The van der Waals surface area contributed by atoms with Crippen LogP contribution in [0.1, 0.15) is 29.8 Å². The van der Waals surface area contributed by atoms with E-state index in [0.717, 1.165) is 19.6 Å². The molecular weight excluding hydrogens is 244 g/mol. The Labute approximate surface area is 112 Å². The maximum Gasteiger partial charge on any atom is 0.335 e. The van der Waals surface area contributed by atoms with E-state index in [1.54, 1.807) is 12.1 Å². The molecule has 0 unspecified atom stereocenters. The van der Waals surface area contributed by atoms with Crippen LogP contribution < -0.4 is 0 Å². The Morgan fingerprint density at radius 1 is 1.42 bits per heavy atom. The van der Waals surface area contributed by atoms with Crippen LogP contribution in [0.5, 0.6) is 0 Å². The molecule has 0 spiro atoms. The van der Waals surface area contributed by atoms with Crippen LogP contribution in [0.3, 0.4) is 0 Å². The van der Waals surface area contributed by atoms with Crippen LogP contribution >= 0.6 is 0 Å². The van der Waals surface area contributed by atoms with E-state index in [-0.39, 0.29) is 5.56 Å². The molecule has 6 nitrogen and oxygen atoms in total. The van der Waals surface area contributed by atoms with E-state index in [0.29, 0.717) is 17.7 Å². The molecule has 0 radical (unpaired) electrons. The predicted octanol–water partition coefficient (Wildman–Crippen LogP) is 3.21. The lowest BCUT2D eigenvalue weighted by Crippen LogP contribution is -2.25. The molecule has 0 aliphatic heterocycles. The fraction of sp³-hybridized carbons (Fsp3) is 0.462. The first kappa shape index (κ1) is 15.0. The van der Waals surface area contributed by atoms with Gasteiger partial charge in [0.05, 0.1) is 5.56 Å². The summed E-state index contributed by atoms with van der Waals surface area (Å²) in [4.78, 5) is 16.2. The van der Waals surface area contributed by atoms with E-state index in [1.165, 1.54) is 6.07 Å². The van der Waals surface area contributed by atoms with Crippen molar-refractivity contribution >= 4 is 11.7 Å². The molecule has 0 atom stereocenters. The van der Waals surface area contributed by atoms with Gasteiger partial charge in [-0.15, -0.1) is 0 Å². The highest BCUT2D eigenvalue weighted by Gasteiger charge is 2.13. The molecule has 1 aromatic carbocycles. The molecule has 0 amide bonds. The SMILES string of the molecule is CCN(CC)CCc1c(N=[N+]=[N-])cccc1C(=O)O. The van der Waals surface area contributed by atoms with Gasteiger partial charge in [0.25, 0.3) is 0 Å². The van der Waals surface area contributed by atoms with Crippen LogP contribution in [0.15, 0.2) is 23.3 Å². The van der Waals surface area contributed by atoms with Gasteiger partial charge in [-0.25, -0.2) is 4.79 Å². The Morgan fingerprint density at radius 2 is 2.11 bits per heavy atom. The van der Waals surface area contributed by atoms with Crippen molar-refractivity contribution < 1.29 is 9.90 Å². The maximum absolute atomic E-state index is 11.2. The molecule has 1 aromatic rings.